The topological polar surface area (TPSA) is 68.0 Å². The maximum atomic E-state index is 10.8. The van der Waals surface area contributed by atoms with Crippen LogP contribution in [0, 0.1) is 13.8 Å². The lowest BCUT2D eigenvalue weighted by Gasteiger charge is -1.98. The van der Waals surface area contributed by atoms with E-state index in [1.54, 1.807) is 6.20 Å². The zero-order valence-corrected chi connectivity index (χ0v) is 9.08. The fourth-order valence-corrected chi connectivity index (χ4v) is 2.07. The smallest absolute Gasteiger partial charge is 0.372 e. The van der Waals surface area contributed by atoms with Crippen molar-refractivity contribution in [1.82, 2.24) is 14.5 Å². The Balaban J connectivity index is 2.54. The van der Waals surface area contributed by atoms with Crippen LogP contribution in [0.4, 0.5) is 0 Å². The van der Waals surface area contributed by atoms with E-state index in [0.717, 1.165) is 10.6 Å². The van der Waals surface area contributed by atoms with Gasteiger partial charge in [-0.1, -0.05) is 0 Å². The van der Waals surface area contributed by atoms with Crippen LogP contribution in [0.2, 0.25) is 0 Å². The highest BCUT2D eigenvalue weighted by Gasteiger charge is 2.15. The first-order valence-corrected chi connectivity index (χ1v) is 5.12. The van der Waals surface area contributed by atoms with Crippen molar-refractivity contribution in [2.45, 2.75) is 13.8 Å². The van der Waals surface area contributed by atoms with E-state index in [4.69, 9.17) is 5.11 Å². The average molecular weight is 223 g/mol. The Morgan fingerprint density at radius 1 is 1.53 bits per heavy atom. The lowest BCUT2D eigenvalue weighted by atomic mass is 10.4. The van der Waals surface area contributed by atoms with Gasteiger partial charge in [0, 0.05) is 17.3 Å². The number of hydrogen-bond acceptors (Lipinski definition) is 4. The SMILES string of the molecule is Cc1nc(-n2ccnc2C(=O)O)sc1C. The molecule has 0 amide bonds. The van der Waals surface area contributed by atoms with Crippen LogP contribution >= 0.6 is 11.3 Å². The van der Waals surface area contributed by atoms with Crippen LogP contribution in [-0.4, -0.2) is 25.6 Å². The molecule has 6 heteroatoms. The van der Waals surface area contributed by atoms with Gasteiger partial charge in [-0.3, -0.25) is 4.57 Å². The van der Waals surface area contributed by atoms with Gasteiger partial charge in [-0.05, 0) is 13.8 Å². The number of aryl methyl sites for hydroxylation is 2. The molecule has 0 spiro atoms. The molecule has 0 aliphatic heterocycles. The van der Waals surface area contributed by atoms with Crippen LogP contribution < -0.4 is 0 Å². The van der Waals surface area contributed by atoms with E-state index in [-0.39, 0.29) is 5.82 Å². The van der Waals surface area contributed by atoms with Crippen LogP contribution in [-0.2, 0) is 0 Å². The van der Waals surface area contributed by atoms with E-state index in [1.807, 2.05) is 13.8 Å². The molecule has 0 fully saturated rings. The van der Waals surface area contributed by atoms with E-state index in [2.05, 4.69) is 9.97 Å². The molecule has 0 radical (unpaired) electrons. The third-order valence-electron chi connectivity index (χ3n) is 2.06. The van der Waals surface area contributed by atoms with Gasteiger partial charge in [0.05, 0.1) is 5.69 Å². The first kappa shape index (κ1) is 9.85. The predicted octanol–water partition coefficient (Wildman–Crippen LogP) is 1.64. The Morgan fingerprint density at radius 2 is 2.27 bits per heavy atom. The van der Waals surface area contributed by atoms with Crippen molar-refractivity contribution in [2.75, 3.05) is 0 Å². The highest BCUT2D eigenvalue weighted by molar-refractivity contribution is 7.14. The van der Waals surface area contributed by atoms with Gasteiger partial charge in [0.2, 0.25) is 5.82 Å². The lowest BCUT2D eigenvalue weighted by Crippen LogP contribution is -2.07. The summed E-state index contributed by atoms with van der Waals surface area (Å²) in [5.41, 5.74) is 0.917. The molecule has 0 atom stereocenters. The first-order chi connectivity index (χ1) is 7.09. The molecule has 2 heterocycles. The predicted molar refractivity (Wildman–Crippen MR) is 55.7 cm³/mol. The van der Waals surface area contributed by atoms with E-state index < -0.39 is 5.97 Å². The number of aromatic carboxylic acids is 1. The maximum Gasteiger partial charge on any atom is 0.372 e. The normalized spacial score (nSPS) is 10.5. The standard InChI is InChI=1S/C9H9N3O2S/c1-5-6(2)15-9(11-5)12-4-3-10-7(12)8(13)14/h3-4H,1-2H3,(H,13,14). The van der Waals surface area contributed by atoms with Crippen molar-refractivity contribution < 1.29 is 9.90 Å². The Kier molecular flexibility index (Phi) is 2.28. The molecule has 1 N–H and O–H groups in total. The number of rotatable bonds is 2. The second kappa shape index (κ2) is 3.47. The van der Waals surface area contributed by atoms with Crippen molar-refractivity contribution in [2.24, 2.45) is 0 Å². The summed E-state index contributed by atoms with van der Waals surface area (Å²) in [5, 5.41) is 9.52. The number of aromatic nitrogens is 3. The lowest BCUT2D eigenvalue weighted by molar-refractivity contribution is 0.0681. The van der Waals surface area contributed by atoms with Crippen LogP contribution in [0.25, 0.3) is 5.13 Å². The quantitative estimate of drug-likeness (QED) is 0.840. The fraction of sp³-hybridized carbons (Fsp3) is 0.222. The molecule has 0 saturated carbocycles. The fourth-order valence-electron chi connectivity index (χ4n) is 1.17. The van der Waals surface area contributed by atoms with Crippen LogP contribution in [0.5, 0.6) is 0 Å². The Hall–Kier alpha value is -1.69. The molecule has 0 aromatic carbocycles. The van der Waals surface area contributed by atoms with E-state index in [1.165, 1.54) is 22.1 Å². The van der Waals surface area contributed by atoms with Crippen LogP contribution in [0.3, 0.4) is 0 Å². The number of nitrogens with zero attached hydrogens (tertiary/aromatic N) is 3. The van der Waals surface area contributed by atoms with Gasteiger partial charge in [-0.15, -0.1) is 11.3 Å². The van der Waals surface area contributed by atoms with Gasteiger partial charge >= 0.3 is 5.97 Å². The molecule has 2 rings (SSSR count). The Labute approximate surface area is 90.0 Å². The number of carboxylic acid groups (broad SMARTS) is 1. The zero-order valence-electron chi connectivity index (χ0n) is 8.26. The maximum absolute atomic E-state index is 10.8. The van der Waals surface area contributed by atoms with Crippen molar-refractivity contribution in [3.8, 4) is 5.13 Å². The summed E-state index contributed by atoms with van der Waals surface area (Å²) in [7, 11) is 0. The molecule has 0 saturated heterocycles. The molecule has 78 valence electrons. The summed E-state index contributed by atoms with van der Waals surface area (Å²) in [5.74, 6) is -1.06. The second-order valence-corrected chi connectivity index (χ2v) is 4.25. The summed E-state index contributed by atoms with van der Waals surface area (Å²) in [4.78, 5) is 20.0. The Morgan fingerprint density at radius 3 is 2.80 bits per heavy atom. The molecule has 0 aliphatic carbocycles. The van der Waals surface area contributed by atoms with Crippen molar-refractivity contribution >= 4 is 17.3 Å². The molecule has 0 unspecified atom stereocenters. The largest absolute Gasteiger partial charge is 0.475 e. The highest BCUT2D eigenvalue weighted by atomic mass is 32.1. The monoisotopic (exact) mass is 223 g/mol. The van der Waals surface area contributed by atoms with Gasteiger partial charge < -0.3 is 5.11 Å². The third kappa shape index (κ3) is 1.63. The minimum absolute atomic E-state index is 0.0104. The van der Waals surface area contributed by atoms with Gasteiger partial charge in [-0.2, -0.15) is 0 Å². The van der Waals surface area contributed by atoms with Crippen LogP contribution in [0.15, 0.2) is 12.4 Å². The van der Waals surface area contributed by atoms with Gasteiger partial charge in [0.15, 0.2) is 5.13 Å². The van der Waals surface area contributed by atoms with Crippen molar-refractivity contribution in [1.29, 1.82) is 0 Å². The highest BCUT2D eigenvalue weighted by Crippen LogP contribution is 2.21. The van der Waals surface area contributed by atoms with Gasteiger partial charge in [-0.25, -0.2) is 14.8 Å². The number of imidazole rings is 1. The van der Waals surface area contributed by atoms with Gasteiger partial charge in [0.1, 0.15) is 0 Å². The summed E-state index contributed by atoms with van der Waals surface area (Å²) in [6.45, 7) is 3.85. The molecule has 2 aromatic rings. The number of carbonyl (C=O) groups is 1. The molecule has 15 heavy (non-hydrogen) atoms. The van der Waals surface area contributed by atoms with Crippen molar-refractivity contribution in [3.63, 3.8) is 0 Å². The average Bonchev–Trinajstić information content (AvgIpc) is 2.73. The molecule has 2 aromatic heterocycles. The first-order valence-electron chi connectivity index (χ1n) is 4.30. The number of carboxylic acids is 1. The second-order valence-electron chi connectivity index (χ2n) is 3.06. The van der Waals surface area contributed by atoms with E-state index >= 15 is 0 Å². The summed E-state index contributed by atoms with van der Waals surface area (Å²) in [6.07, 6.45) is 3.05. The molecular weight excluding hydrogens is 214 g/mol. The van der Waals surface area contributed by atoms with E-state index in [9.17, 15) is 4.79 Å². The van der Waals surface area contributed by atoms with Crippen LogP contribution in [0.1, 0.15) is 21.2 Å². The van der Waals surface area contributed by atoms with Gasteiger partial charge in [0.25, 0.3) is 0 Å². The summed E-state index contributed by atoms with van der Waals surface area (Å²) >= 11 is 1.45. The molecular formula is C9H9N3O2S. The van der Waals surface area contributed by atoms with Crippen molar-refractivity contribution in [3.05, 3.63) is 28.8 Å². The summed E-state index contributed by atoms with van der Waals surface area (Å²) in [6, 6.07) is 0. The molecule has 0 bridgehead atoms. The third-order valence-corrected chi connectivity index (χ3v) is 3.13. The van der Waals surface area contributed by atoms with E-state index in [0.29, 0.717) is 5.13 Å². The number of hydrogen-bond donors (Lipinski definition) is 1. The molecule has 5 nitrogen and oxygen atoms in total. The molecule has 0 aliphatic rings. The zero-order chi connectivity index (χ0) is 11.0. The Bertz CT molecular complexity index is 496. The summed E-state index contributed by atoms with van der Waals surface area (Å²) < 4.78 is 1.48. The minimum Gasteiger partial charge on any atom is -0.475 e. The number of thiazole rings is 1. The minimum atomic E-state index is -1.05.